The first-order valence-electron chi connectivity index (χ1n) is 3.83. The zero-order chi connectivity index (χ0) is 8.69. The Morgan fingerprint density at radius 3 is 1.82 bits per heavy atom. The third-order valence-electron chi connectivity index (χ3n) is 2.06. The molecule has 0 aromatic heterocycles. The molecule has 0 bridgehead atoms. The average Bonchev–Trinajstić information content (AvgIpc) is 1.97. The van der Waals surface area contributed by atoms with E-state index in [9.17, 15) is 0 Å². The summed E-state index contributed by atoms with van der Waals surface area (Å²) in [4.78, 5) is 0. The van der Waals surface area contributed by atoms with Gasteiger partial charge >= 0.3 is 50.5 Å². The monoisotopic (exact) mass is 494 g/mol. The molecule has 1 saturated carbocycles. The Balaban J connectivity index is 0.000000292. The molecule has 70 valence electrons. The van der Waals surface area contributed by atoms with Crippen LogP contribution in [-0.4, -0.2) is 6.04 Å². The Morgan fingerprint density at radius 1 is 1.18 bits per heavy atom. The van der Waals surface area contributed by atoms with Crippen LogP contribution in [0.1, 0.15) is 32.6 Å². The fourth-order valence-corrected chi connectivity index (χ4v) is 1.29. The molecule has 4 heteroatoms. The Kier molecular flexibility index (Phi) is 10.4. The number of nitrogens with two attached hydrogens (primary N) is 1. The summed E-state index contributed by atoms with van der Waals surface area (Å²) in [6.07, 6.45) is 5.20. The summed E-state index contributed by atoms with van der Waals surface area (Å²) in [7, 11) is 0. The van der Waals surface area contributed by atoms with Crippen LogP contribution in [0.25, 0.3) is 0 Å². The zero-order valence-corrected chi connectivity index (χ0v) is 13.2. The van der Waals surface area contributed by atoms with E-state index in [1.54, 1.807) is 0 Å². The van der Waals surface area contributed by atoms with Crippen LogP contribution in [0.2, 0.25) is 0 Å². The van der Waals surface area contributed by atoms with Crippen molar-refractivity contribution in [2.75, 3.05) is 0 Å². The Hall–Kier alpha value is 2.15. The summed E-state index contributed by atoms with van der Waals surface area (Å²) in [5.41, 5.74) is 5.70. The van der Waals surface area contributed by atoms with E-state index in [1.165, 1.54) is 25.7 Å². The van der Waals surface area contributed by atoms with Gasteiger partial charge in [0.1, 0.15) is 0 Å². The summed E-state index contributed by atoms with van der Waals surface area (Å²) < 4.78 is 0. The molecule has 11 heavy (non-hydrogen) atoms. The van der Waals surface area contributed by atoms with Gasteiger partial charge in [0.25, 0.3) is 0 Å². The van der Waals surface area contributed by atoms with Gasteiger partial charge in [-0.25, -0.2) is 0 Å². The van der Waals surface area contributed by atoms with Gasteiger partial charge in [0.05, 0.1) is 0 Å². The Morgan fingerprint density at radius 2 is 1.55 bits per heavy atom. The van der Waals surface area contributed by atoms with Crippen LogP contribution >= 0.6 is 37.2 Å². The molecule has 0 spiro atoms. The molecule has 1 rings (SSSR count). The summed E-state index contributed by atoms with van der Waals surface area (Å²) in [6, 6.07) is 0.520. The molecule has 0 heterocycles. The second kappa shape index (κ2) is 8.74. The topological polar surface area (TPSA) is 26.0 Å². The first kappa shape index (κ1) is 13.2. The molecule has 1 nitrogen and oxygen atoms in total. The maximum atomic E-state index is 5.70. The van der Waals surface area contributed by atoms with Crippen molar-refractivity contribution < 1.29 is 13.3 Å². The molecule has 0 saturated heterocycles. The van der Waals surface area contributed by atoms with Gasteiger partial charge in [-0.3, -0.25) is 0 Å². The van der Waals surface area contributed by atoms with E-state index < -0.39 is 0 Å². The van der Waals surface area contributed by atoms with Crippen molar-refractivity contribution >= 4 is 37.2 Å². The van der Waals surface area contributed by atoms with Crippen molar-refractivity contribution in [2.24, 2.45) is 11.7 Å². The average molecular weight is 494 g/mol. The van der Waals surface area contributed by atoms with Gasteiger partial charge in [-0.15, -0.1) is 0 Å². The predicted octanol–water partition coefficient (Wildman–Crippen LogP) is 0.299. The fraction of sp³-hybridized carbons (Fsp3) is 1.00. The number of halogens is 3. The molecule has 2 N–H and O–H groups in total. The van der Waals surface area contributed by atoms with Crippen LogP contribution in [0.3, 0.4) is 0 Å². The summed E-state index contributed by atoms with van der Waals surface area (Å²) in [5.74, 6) is 0.940. The standard InChI is InChI=1S/C7H15N.I3/c1-6-2-4-7(8)5-3-6;1-3-2/h6-7H,2-5,8H2,1H3;/q;-1. The maximum absolute atomic E-state index is 5.70. The van der Waals surface area contributed by atoms with Crippen LogP contribution in [0.4, 0.5) is 0 Å². The quantitative estimate of drug-likeness (QED) is 0.483. The SMILES string of the molecule is CC1CCC(N)CC1.I[I-]I. The van der Waals surface area contributed by atoms with Crippen molar-refractivity contribution in [3.63, 3.8) is 0 Å². The Bertz CT molecular complexity index is 71.8. The zero-order valence-electron chi connectivity index (χ0n) is 6.69. The van der Waals surface area contributed by atoms with Crippen LogP contribution in [-0.2, 0) is 0 Å². The van der Waals surface area contributed by atoms with Gasteiger partial charge in [0, 0.05) is 6.04 Å². The van der Waals surface area contributed by atoms with Crippen LogP contribution in [0.5, 0.6) is 0 Å². The summed E-state index contributed by atoms with van der Waals surface area (Å²) >= 11 is 5.30. The minimum atomic E-state index is 0.520. The molecule has 0 aromatic rings. The predicted molar refractivity (Wildman–Crippen MR) is 63.6 cm³/mol. The van der Waals surface area contributed by atoms with Crippen LogP contribution in [0, 0.1) is 5.92 Å². The molecular formula is C7H15I3N-. The summed E-state index contributed by atoms with van der Waals surface area (Å²) in [5, 5.41) is 0. The number of rotatable bonds is 0. The van der Waals surface area contributed by atoms with E-state index in [-0.39, 0.29) is 0 Å². The summed E-state index contributed by atoms with van der Waals surface area (Å²) in [6.45, 7) is 2.31. The molecule has 0 atom stereocenters. The van der Waals surface area contributed by atoms with Gasteiger partial charge in [-0.1, -0.05) is 6.92 Å². The fourth-order valence-electron chi connectivity index (χ4n) is 1.29. The molecule has 1 aliphatic rings. The van der Waals surface area contributed by atoms with E-state index >= 15 is 0 Å². The van der Waals surface area contributed by atoms with E-state index in [2.05, 4.69) is 44.2 Å². The van der Waals surface area contributed by atoms with Gasteiger partial charge in [0.15, 0.2) is 0 Å². The second-order valence-electron chi connectivity index (χ2n) is 3.07. The second-order valence-corrected chi connectivity index (χ2v) is 19.3. The molecule has 1 aliphatic carbocycles. The molecular weight excluding hydrogens is 479 g/mol. The van der Waals surface area contributed by atoms with Crippen LogP contribution < -0.4 is 19.0 Å². The third kappa shape index (κ3) is 8.48. The van der Waals surface area contributed by atoms with Gasteiger partial charge in [-0.05, 0) is 31.6 Å². The van der Waals surface area contributed by atoms with Gasteiger partial charge in [-0.2, -0.15) is 0 Å². The number of hydrogen-bond donors (Lipinski definition) is 1. The van der Waals surface area contributed by atoms with E-state index in [0.717, 1.165) is 5.92 Å². The van der Waals surface area contributed by atoms with Crippen LogP contribution in [0.15, 0.2) is 0 Å². The first-order chi connectivity index (χ1) is 5.20. The van der Waals surface area contributed by atoms with E-state index in [0.29, 0.717) is 19.3 Å². The van der Waals surface area contributed by atoms with Crippen molar-refractivity contribution in [3.05, 3.63) is 0 Å². The van der Waals surface area contributed by atoms with Crippen molar-refractivity contribution in [1.29, 1.82) is 0 Å². The van der Waals surface area contributed by atoms with Crippen molar-refractivity contribution in [1.82, 2.24) is 0 Å². The van der Waals surface area contributed by atoms with Gasteiger partial charge in [0.2, 0.25) is 0 Å². The normalized spacial score (nSPS) is 30.9. The molecule has 1 fully saturated rings. The molecule has 0 radical (unpaired) electrons. The molecule has 0 aromatic carbocycles. The minimum absolute atomic E-state index is 0.520. The molecule has 0 amide bonds. The molecule has 0 aliphatic heterocycles. The number of hydrogen-bond acceptors (Lipinski definition) is 1. The Labute approximate surface area is 99.3 Å². The van der Waals surface area contributed by atoms with Crippen molar-refractivity contribution in [2.45, 2.75) is 38.6 Å². The third-order valence-corrected chi connectivity index (χ3v) is 2.06. The molecule has 0 unspecified atom stereocenters. The van der Waals surface area contributed by atoms with E-state index in [1.807, 2.05) is 0 Å². The first-order valence-corrected chi connectivity index (χ1v) is 16.4. The van der Waals surface area contributed by atoms with Gasteiger partial charge < -0.3 is 5.73 Å². The van der Waals surface area contributed by atoms with E-state index in [4.69, 9.17) is 5.73 Å². The van der Waals surface area contributed by atoms with Crippen molar-refractivity contribution in [3.8, 4) is 0 Å².